The van der Waals surface area contributed by atoms with Gasteiger partial charge in [-0.25, -0.2) is 0 Å². The number of aryl methyl sites for hydroxylation is 1. The number of hydrogen-bond donors (Lipinski definition) is 1. The van der Waals surface area contributed by atoms with Crippen LogP contribution < -0.4 is 0 Å². The molecule has 2 heterocycles. The van der Waals surface area contributed by atoms with Gasteiger partial charge in [0, 0.05) is 26.2 Å². The van der Waals surface area contributed by atoms with Gasteiger partial charge >= 0.3 is 5.97 Å². The van der Waals surface area contributed by atoms with Crippen molar-refractivity contribution >= 4 is 11.9 Å². The molecule has 1 amide bonds. The predicted octanol–water partition coefficient (Wildman–Crippen LogP) is 1.65. The van der Waals surface area contributed by atoms with Crippen molar-refractivity contribution in [1.82, 2.24) is 9.80 Å². The zero-order valence-corrected chi connectivity index (χ0v) is 13.9. The average molecular weight is 328 g/mol. The van der Waals surface area contributed by atoms with Crippen molar-refractivity contribution in [1.29, 1.82) is 0 Å². The first kappa shape index (κ1) is 16.7. The number of benzene rings is 1. The van der Waals surface area contributed by atoms with Crippen LogP contribution in [0.15, 0.2) is 43.0 Å². The maximum Gasteiger partial charge on any atom is 0.313 e. The lowest BCUT2D eigenvalue weighted by Crippen LogP contribution is -2.41. The Labute approximate surface area is 142 Å². The van der Waals surface area contributed by atoms with Gasteiger partial charge < -0.3 is 14.9 Å². The van der Waals surface area contributed by atoms with E-state index in [0.717, 1.165) is 19.4 Å². The fraction of sp³-hybridized carbons (Fsp3) is 0.474. The highest BCUT2D eigenvalue weighted by Crippen LogP contribution is 2.43. The fourth-order valence-corrected chi connectivity index (χ4v) is 4.04. The first-order valence-corrected chi connectivity index (χ1v) is 8.46. The Morgan fingerprint density at radius 2 is 2.08 bits per heavy atom. The second kappa shape index (κ2) is 6.77. The van der Waals surface area contributed by atoms with E-state index in [1.807, 2.05) is 18.2 Å². The summed E-state index contributed by atoms with van der Waals surface area (Å²) in [7, 11) is 0. The van der Waals surface area contributed by atoms with Crippen molar-refractivity contribution in [2.75, 3.05) is 32.7 Å². The van der Waals surface area contributed by atoms with E-state index in [1.165, 1.54) is 5.56 Å². The molecule has 3 rings (SSSR count). The van der Waals surface area contributed by atoms with Crippen molar-refractivity contribution in [2.24, 2.45) is 11.3 Å². The second-order valence-electron chi connectivity index (χ2n) is 6.85. The molecule has 2 saturated heterocycles. The summed E-state index contributed by atoms with van der Waals surface area (Å²) in [5.74, 6) is -1.31. The number of carboxylic acids is 1. The maximum atomic E-state index is 12.5. The minimum absolute atomic E-state index is 0.0390. The number of carboxylic acid groups (broad SMARTS) is 1. The van der Waals surface area contributed by atoms with Crippen LogP contribution >= 0.6 is 0 Å². The molecule has 2 fully saturated rings. The van der Waals surface area contributed by atoms with Gasteiger partial charge in [-0.15, -0.1) is 6.58 Å². The first-order valence-electron chi connectivity index (χ1n) is 8.46. The molecule has 0 radical (unpaired) electrons. The van der Waals surface area contributed by atoms with E-state index in [0.29, 0.717) is 26.2 Å². The predicted molar refractivity (Wildman–Crippen MR) is 91.5 cm³/mol. The number of rotatable bonds is 7. The minimum Gasteiger partial charge on any atom is -0.481 e. The summed E-state index contributed by atoms with van der Waals surface area (Å²) in [6.45, 7) is 6.22. The number of nitrogens with zero attached hydrogens (tertiary/aromatic N) is 2. The highest BCUT2D eigenvalue weighted by molar-refractivity contribution is 5.92. The van der Waals surface area contributed by atoms with E-state index in [9.17, 15) is 14.7 Å². The number of carbonyl (C=O) groups is 2. The highest BCUT2D eigenvalue weighted by Gasteiger charge is 2.61. The Hall–Kier alpha value is -2.14. The number of hydrogen-bond acceptors (Lipinski definition) is 3. The summed E-state index contributed by atoms with van der Waals surface area (Å²) >= 11 is 0. The third kappa shape index (κ3) is 2.96. The van der Waals surface area contributed by atoms with Gasteiger partial charge in [-0.2, -0.15) is 0 Å². The smallest absolute Gasteiger partial charge is 0.313 e. The molecule has 0 bridgehead atoms. The van der Waals surface area contributed by atoms with Gasteiger partial charge in [-0.3, -0.25) is 9.59 Å². The van der Waals surface area contributed by atoms with E-state index in [1.54, 1.807) is 11.0 Å². The summed E-state index contributed by atoms with van der Waals surface area (Å²) in [5.41, 5.74) is 0.338. The SMILES string of the molecule is C=CCN1C[C@]2(C(=O)O)CN(CCCc3ccccc3)C[C@@H]2C1=O. The lowest BCUT2D eigenvalue weighted by atomic mass is 9.81. The van der Waals surface area contributed by atoms with Crippen LogP contribution in [0.4, 0.5) is 0 Å². The van der Waals surface area contributed by atoms with Crippen molar-refractivity contribution in [2.45, 2.75) is 12.8 Å². The molecule has 24 heavy (non-hydrogen) atoms. The highest BCUT2D eigenvalue weighted by atomic mass is 16.4. The molecule has 0 unspecified atom stereocenters. The van der Waals surface area contributed by atoms with E-state index in [2.05, 4.69) is 23.6 Å². The Morgan fingerprint density at radius 3 is 2.71 bits per heavy atom. The Bertz CT molecular complexity index is 631. The molecular formula is C19H24N2O3. The zero-order chi connectivity index (χ0) is 17.2. The average Bonchev–Trinajstić information content (AvgIpc) is 3.05. The number of aliphatic carboxylic acids is 1. The largest absolute Gasteiger partial charge is 0.481 e. The van der Waals surface area contributed by atoms with E-state index >= 15 is 0 Å². The van der Waals surface area contributed by atoms with E-state index in [4.69, 9.17) is 0 Å². The molecule has 0 aromatic heterocycles. The van der Waals surface area contributed by atoms with Crippen molar-refractivity contribution in [3.05, 3.63) is 48.6 Å². The van der Waals surface area contributed by atoms with Gasteiger partial charge in [0.2, 0.25) is 5.91 Å². The molecule has 2 aliphatic rings. The van der Waals surface area contributed by atoms with Gasteiger partial charge in [0.05, 0.1) is 5.92 Å². The summed E-state index contributed by atoms with van der Waals surface area (Å²) in [4.78, 5) is 28.2. The summed E-state index contributed by atoms with van der Waals surface area (Å²) in [6.07, 6.45) is 3.60. The molecule has 0 aliphatic carbocycles. The lowest BCUT2D eigenvalue weighted by molar-refractivity contribution is -0.149. The Balaban J connectivity index is 1.61. The van der Waals surface area contributed by atoms with Crippen molar-refractivity contribution in [3.8, 4) is 0 Å². The molecular weight excluding hydrogens is 304 g/mol. The molecule has 0 saturated carbocycles. The monoisotopic (exact) mass is 328 g/mol. The van der Waals surface area contributed by atoms with Gasteiger partial charge in [-0.1, -0.05) is 36.4 Å². The molecule has 2 atom stereocenters. The van der Waals surface area contributed by atoms with Crippen LogP contribution in [0, 0.1) is 11.3 Å². The van der Waals surface area contributed by atoms with E-state index in [-0.39, 0.29) is 5.91 Å². The molecule has 1 aromatic rings. The van der Waals surface area contributed by atoms with Gasteiger partial charge in [0.25, 0.3) is 0 Å². The lowest BCUT2D eigenvalue weighted by Gasteiger charge is -2.24. The Kier molecular flexibility index (Phi) is 4.71. The van der Waals surface area contributed by atoms with Gasteiger partial charge in [0.15, 0.2) is 0 Å². The third-order valence-electron chi connectivity index (χ3n) is 5.25. The van der Waals surface area contributed by atoms with Crippen LogP contribution in [0.2, 0.25) is 0 Å². The van der Waals surface area contributed by atoms with Crippen LogP contribution in [-0.4, -0.2) is 59.5 Å². The van der Waals surface area contributed by atoms with Gasteiger partial charge in [0.1, 0.15) is 5.41 Å². The Morgan fingerprint density at radius 1 is 1.33 bits per heavy atom. The molecule has 5 nitrogen and oxygen atoms in total. The number of fused-ring (bicyclic) bond motifs is 1. The number of amides is 1. The van der Waals surface area contributed by atoms with Crippen LogP contribution in [0.1, 0.15) is 12.0 Å². The molecule has 2 aliphatic heterocycles. The molecule has 128 valence electrons. The fourth-order valence-electron chi connectivity index (χ4n) is 4.04. The van der Waals surface area contributed by atoms with Crippen LogP contribution in [0.25, 0.3) is 0 Å². The van der Waals surface area contributed by atoms with Crippen molar-refractivity contribution < 1.29 is 14.7 Å². The molecule has 1 N–H and O–H groups in total. The normalized spacial score (nSPS) is 26.6. The number of carbonyl (C=O) groups excluding carboxylic acids is 1. The molecule has 5 heteroatoms. The summed E-state index contributed by atoms with van der Waals surface area (Å²) in [5, 5.41) is 9.77. The maximum absolute atomic E-state index is 12.5. The van der Waals surface area contributed by atoms with Gasteiger partial charge in [-0.05, 0) is 24.9 Å². The minimum atomic E-state index is -0.952. The second-order valence-corrected chi connectivity index (χ2v) is 6.85. The zero-order valence-electron chi connectivity index (χ0n) is 13.9. The van der Waals surface area contributed by atoms with Crippen molar-refractivity contribution in [3.63, 3.8) is 0 Å². The first-order chi connectivity index (χ1) is 11.6. The molecule has 0 spiro atoms. The third-order valence-corrected chi connectivity index (χ3v) is 5.25. The quantitative estimate of drug-likeness (QED) is 0.773. The standard InChI is InChI=1S/C19H24N2O3/c1-2-10-21-14-19(18(23)24)13-20(12-16(19)17(21)22)11-6-9-15-7-4-3-5-8-15/h2-5,7-8,16H,1,6,9-14H2,(H,23,24)/t16-,19-/m1/s1. The van der Waals surface area contributed by atoms with E-state index < -0.39 is 17.3 Å². The summed E-state index contributed by atoms with van der Waals surface area (Å²) in [6, 6.07) is 10.3. The molecule has 1 aromatic carbocycles. The van der Waals surface area contributed by atoms with Crippen LogP contribution in [-0.2, 0) is 16.0 Å². The summed E-state index contributed by atoms with van der Waals surface area (Å²) < 4.78 is 0. The number of likely N-dealkylation sites (tertiary alicyclic amines) is 2. The van der Waals surface area contributed by atoms with Crippen LogP contribution in [0.5, 0.6) is 0 Å². The topological polar surface area (TPSA) is 60.9 Å². The van der Waals surface area contributed by atoms with Crippen LogP contribution in [0.3, 0.4) is 0 Å².